The van der Waals surface area contributed by atoms with Crippen LogP contribution in [-0.4, -0.2) is 66.8 Å². The van der Waals surface area contributed by atoms with E-state index in [0.29, 0.717) is 29.4 Å². The molecule has 0 aliphatic carbocycles. The number of rotatable bonds is 5. The summed E-state index contributed by atoms with van der Waals surface area (Å²) in [6.07, 6.45) is 0.824. The molecule has 2 saturated heterocycles. The van der Waals surface area contributed by atoms with Crippen LogP contribution in [0.3, 0.4) is 0 Å². The Labute approximate surface area is 163 Å². The van der Waals surface area contributed by atoms with Crippen LogP contribution < -0.4 is 5.32 Å². The van der Waals surface area contributed by atoms with Crippen molar-refractivity contribution < 1.29 is 13.2 Å². The summed E-state index contributed by atoms with van der Waals surface area (Å²) in [7, 11) is -3.53. The summed E-state index contributed by atoms with van der Waals surface area (Å²) in [4.78, 5) is 19.7. The first kappa shape index (κ1) is 18.5. The molecule has 2 fully saturated rings. The predicted molar refractivity (Wildman–Crippen MR) is 103 cm³/mol. The van der Waals surface area contributed by atoms with E-state index in [1.165, 1.54) is 11.3 Å². The number of carbonyl (C=O) groups is 1. The maximum absolute atomic E-state index is 13.1. The van der Waals surface area contributed by atoms with Crippen molar-refractivity contribution in [3.8, 4) is 0 Å². The number of nitrogens with one attached hydrogen (secondary N) is 1. The van der Waals surface area contributed by atoms with E-state index in [2.05, 4.69) is 15.2 Å². The normalized spacial score (nSPS) is 25.4. The zero-order valence-corrected chi connectivity index (χ0v) is 16.7. The summed E-state index contributed by atoms with van der Waals surface area (Å²) < 4.78 is 27.8. The molecule has 1 aromatic heterocycles. The number of aromatic nitrogens is 1. The van der Waals surface area contributed by atoms with Crippen molar-refractivity contribution in [2.24, 2.45) is 0 Å². The molecule has 3 heterocycles. The molecule has 1 unspecified atom stereocenters. The number of benzene rings is 1. The third kappa shape index (κ3) is 3.52. The second kappa shape index (κ2) is 7.31. The van der Waals surface area contributed by atoms with Gasteiger partial charge in [0, 0.05) is 38.3 Å². The van der Waals surface area contributed by atoms with Crippen molar-refractivity contribution in [2.45, 2.75) is 30.3 Å². The number of piperazine rings is 1. The lowest BCUT2D eigenvalue weighted by Gasteiger charge is -2.39. The second-order valence-corrected chi connectivity index (χ2v) is 9.70. The van der Waals surface area contributed by atoms with E-state index >= 15 is 0 Å². The summed E-state index contributed by atoms with van der Waals surface area (Å²) in [5, 5.41) is 2.96. The third-order valence-electron chi connectivity index (χ3n) is 5.31. The Kier molecular flexibility index (Phi) is 5.02. The van der Waals surface area contributed by atoms with Crippen LogP contribution in [-0.2, 0) is 10.0 Å². The maximum atomic E-state index is 13.1. The summed E-state index contributed by atoms with van der Waals surface area (Å²) >= 11 is 1.32. The number of aryl methyl sites for hydroxylation is 1. The number of thiazole rings is 1. The lowest BCUT2D eigenvalue weighted by atomic mass is 10.2. The smallest absolute Gasteiger partial charge is 0.263 e. The number of sulfonamides is 1. The largest absolute Gasteiger partial charge is 0.350 e. The van der Waals surface area contributed by atoms with Crippen LogP contribution in [0.25, 0.3) is 0 Å². The van der Waals surface area contributed by atoms with E-state index in [9.17, 15) is 13.2 Å². The Bertz CT molecular complexity index is 929. The summed E-state index contributed by atoms with van der Waals surface area (Å²) in [5.41, 5.74) is 2.38. The Morgan fingerprint density at radius 1 is 1.30 bits per heavy atom. The van der Waals surface area contributed by atoms with Gasteiger partial charge in [-0.15, -0.1) is 11.3 Å². The monoisotopic (exact) mass is 406 g/mol. The molecule has 0 spiro atoms. The van der Waals surface area contributed by atoms with Crippen LogP contribution in [0.15, 0.2) is 40.7 Å². The van der Waals surface area contributed by atoms with Gasteiger partial charge in [-0.2, -0.15) is 4.31 Å². The third-order valence-corrected chi connectivity index (χ3v) is 8.17. The molecule has 9 heteroatoms. The van der Waals surface area contributed by atoms with E-state index in [0.717, 1.165) is 18.7 Å². The van der Waals surface area contributed by atoms with Gasteiger partial charge in [0.25, 0.3) is 5.91 Å². The van der Waals surface area contributed by atoms with Crippen LogP contribution >= 0.6 is 11.3 Å². The Hall–Kier alpha value is -1.81. The van der Waals surface area contributed by atoms with Gasteiger partial charge in [-0.1, -0.05) is 18.2 Å². The molecular weight excluding hydrogens is 384 g/mol. The molecule has 1 aromatic carbocycles. The number of amides is 1. The number of hydrogen-bond donors (Lipinski definition) is 1. The fourth-order valence-electron chi connectivity index (χ4n) is 3.83. The number of fused-ring (bicyclic) bond motifs is 2. The average Bonchev–Trinajstić information content (AvgIpc) is 3.28. The van der Waals surface area contributed by atoms with Gasteiger partial charge in [0.2, 0.25) is 10.0 Å². The molecule has 1 N–H and O–H groups in total. The Morgan fingerprint density at radius 3 is 2.78 bits per heavy atom. The van der Waals surface area contributed by atoms with Gasteiger partial charge in [-0.3, -0.25) is 9.69 Å². The summed E-state index contributed by atoms with van der Waals surface area (Å²) in [5.74, 6) is -0.145. The second-order valence-electron chi connectivity index (χ2n) is 6.96. The lowest BCUT2D eigenvalue weighted by molar-refractivity contribution is 0.0918. The lowest BCUT2D eigenvalue weighted by Crippen LogP contribution is -2.57. The first-order valence-corrected chi connectivity index (χ1v) is 11.3. The predicted octanol–water partition coefficient (Wildman–Crippen LogP) is 1.33. The average molecular weight is 407 g/mol. The molecule has 4 rings (SSSR count). The van der Waals surface area contributed by atoms with Gasteiger partial charge in [0.1, 0.15) is 4.88 Å². The van der Waals surface area contributed by atoms with Gasteiger partial charge in [-0.25, -0.2) is 13.4 Å². The minimum Gasteiger partial charge on any atom is -0.350 e. The van der Waals surface area contributed by atoms with Crippen molar-refractivity contribution in [3.63, 3.8) is 0 Å². The quantitative estimate of drug-likeness (QED) is 0.810. The molecule has 27 heavy (non-hydrogen) atoms. The highest BCUT2D eigenvalue weighted by atomic mass is 32.2. The Morgan fingerprint density at radius 2 is 2.07 bits per heavy atom. The Balaban J connectivity index is 1.49. The van der Waals surface area contributed by atoms with Crippen molar-refractivity contribution in [3.05, 3.63) is 46.4 Å². The maximum Gasteiger partial charge on any atom is 0.263 e. The first-order chi connectivity index (χ1) is 13.0. The van der Waals surface area contributed by atoms with Gasteiger partial charge in [-0.05, 0) is 25.5 Å². The summed E-state index contributed by atoms with van der Waals surface area (Å²) in [6, 6.07) is 8.55. The molecule has 0 radical (unpaired) electrons. The minimum absolute atomic E-state index is 0.00546. The van der Waals surface area contributed by atoms with Gasteiger partial charge in [0.05, 0.1) is 16.1 Å². The molecule has 2 aliphatic heterocycles. The zero-order chi connectivity index (χ0) is 19.0. The first-order valence-electron chi connectivity index (χ1n) is 8.96. The SMILES string of the molecule is Cc1ncsc1C(=O)NC[C@@H]1CN(S(=O)(=O)c2ccccc2)[C@H]2CCN1C2. The van der Waals surface area contributed by atoms with E-state index in [1.807, 2.05) is 13.0 Å². The fourth-order valence-corrected chi connectivity index (χ4v) is 6.26. The van der Waals surface area contributed by atoms with E-state index in [-0.39, 0.29) is 18.0 Å². The minimum atomic E-state index is -3.53. The highest BCUT2D eigenvalue weighted by Crippen LogP contribution is 2.30. The van der Waals surface area contributed by atoms with Crippen molar-refractivity contribution in [1.29, 1.82) is 0 Å². The fraction of sp³-hybridized carbons (Fsp3) is 0.444. The highest BCUT2D eigenvalue weighted by Gasteiger charge is 2.44. The zero-order valence-electron chi connectivity index (χ0n) is 15.0. The van der Waals surface area contributed by atoms with Crippen molar-refractivity contribution in [2.75, 3.05) is 26.2 Å². The van der Waals surface area contributed by atoms with Crippen molar-refractivity contribution in [1.82, 2.24) is 19.5 Å². The molecule has 3 atom stereocenters. The molecular formula is C18H22N4O3S2. The van der Waals surface area contributed by atoms with E-state index < -0.39 is 10.0 Å². The molecule has 2 aliphatic rings. The van der Waals surface area contributed by atoms with E-state index in [4.69, 9.17) is 0 Å². The molecule has 0 saturated carbocycles. The topological polar surface area (TPSA) is 82.6 Å². The molecule has 7 nitrogen and oxygen atoms in total. The molecule has 1 amide bonds. The van der Waals surface area contributed by atoms with E-state index in [1.54, 1.807) is 34.1 Å². The van der Waals surface area contributed by atoms with Crippen LogP contribution in [0.4, 0.5) is 0 Å². The number of hydrogen-bond acceptors (Lipinski definition) is 6. The van der Waals surface area contributed by atoms with Crippen LogP contribution in [0, 0.1) is 6.92 Å². The number of carbonyl (C=O) groups excluding carboxylic acids is 1. The van der Waals surface area contributed by atoms with Crippen LogP contribution in [0.1, 0.15) is 21.8 Å². The summed E-state index contributed by atoms with van der Waals surface area (Å²) in [6.45, 7) is 4.19. The van der Waals surface area contributed by atoms with Gasteiger partial charge >= 0.3 is 0 Å². The molecule has 2 bridgehead atoms. The van der Waals surface area contributed by atoms with Gasteiger partial charge in [0.15, 0.2) is 0 Å². The van der Waals surface area contributed by atoms with Crippen LogP contribution in [0.2, 0.25) is 0 Å². The number of nitrogens with zero attached hydrogens (tertiary/aromatic N) is 3. The van der Waals surface area contributed by atoms with Crippen molar-refractivity contribution >= 4 is 27.3 Å². The standard InChI is InChI=1S/C18H22N4O3S2/c1-13-17(26-12-20-13)18(23)19-9-15-11-22(14-7-8-21(15)10-14)27(24,25)16-5-3-2-4-6-16/h2-6,12,14-15H,7-11H2,1H3,(H,19,23)/t14-,15+/m0/s1. The highest BCUT2D eigenvalue weighted by molar-refractivity contribution is 7.89. The molecule has 2 aromatic rings. The molecule has 144 valence electrons. The van der Waals surface area contributed by atoms with Crippen LogP contribution in [0.5, 0.6) is 0 Å². The van der Waals surface area contributed by atoms with Gasteiger partial charge < -0.3 is 5.32 Å².